The van der Waals surface area contributed by atoms with Crippen molar-refractivity contribution in [3.8, 4) is 0 Å². The molecule has 0 amide bonds. The van der Waals surface area contributed by atoms with E-state index in [4.69, 9.17) is 4.74 Å². The average molecular weight is 376 g/mol. The first-order valence-corrected chi connectivity index (χ1v) is 10.4. The van der Waals surface area contributed by atoms with Gasteiger partial charge in [0.2, 0.25) is 0 Å². The highest BCUT2D eigenvalue weighted by Crippen LogP contribution is 2.40. The zero-order chi connectivity index (χ0) is 19.6. The Hall–Kier alpha value is -1.59. The molecular formula is C22H37N3O2. The summed E-state index contributed by atoms with van der Waals surface area (Å²) in [6.45, 7) is 9.55. The van der Waals surface area contributed by atoms with Crippen LogP contribution in [0.3, 0.4) is 0 Å². The van der Waals surface area contributed by atoms with E-state index in [2.05, 4.69) is 22.5 Å². The van der Waals surface area contributed by atoms with Gasteiger partial charge in [-0.1, -0.05) is 43.2 Å². The zero-order valence-corrected chi connectivity index (χ0v) is 17.3. The maximum Gasteiger partial charge on any atom is 0.191 e. The fourth-order valence-electron chi connectivity index (χ4n) is 3.81. The smallest absolute Gasteiger partial charge is 0.191 e. The molecule has 2 rings (SSSR count). The van der Waals surface area contributed by atoms with Crippen molar-refractivity contribution in [3.63, 3.8) is 0 Å². The van der Waals surface area contributed by atoms with Crippen LogP contribution in [-0.2, 0) is 10.3 Å². The van der Waals surface area contributed by atoms with E-state index in [0.29, 0.717) is 12.0 Å². The maximum absolute atomic E-state index is 10.8. The van der Waals surface area contributed by atoms with Gasteiger partial charge in [0, 0.05) is 26.3 Å². The van der Waals surface area contributed by atoms with Crippen molar-refractivity contribution in [1.29, 1.82) is 0 Å². The summed E-state index contributed by atoms with van der Waals surface area (Å²) >= 11 is 0. The Labute approximate surface area is 164 Å². The van der Waals surface area contributed by atoms with E-state index >= 15 is 0 Å². The lowest BCUT2D eigenvalue weighted by Crippen LogP contribution is -2.44. The molecule has 1 fully saturated rings. The molecule has 1 atom stereocenters. The van der Waals surface area contributed by atoms with Gasteiger partial charge in [-0.2, -0.15) is 0 Å². The van der Waals surface area contributed by atoms with Gasteiger partial charge in [0.1, 0.15) is 5.60 Å². The lowest BCUT2D eigenvalue weighted by molar-refractivity contribution is 0.0672. The SMILES string of the molecule is CCNC(=NCC(C)(O)c1ccccc1)NCC1(CCOCC)CCCC1. The van der Waals surface area contributed by atoms with Gasteiger partial charge in [-0.25, -0.2) is 4.99 Å². The van der Waals surface area contributed by atoms with Crippen molar-refractivity contribution in [1.82, 2.24) is 10.6 Å². The predicted octanol–water partition coefficient (Wildman–Crippen LogP) is 3.44. The number of nitrogens with zero attached hydrogens (tertiary/aromatic N) is 1. The summed E-state index contributed by atoms with van der Waals surface area (Å²) in [5, 5.41) is 17.6. The van der Waals surface area contributed by atoms with Crippen molar-refractivity contribution in [2.24, 2.45) is 10.4 Å². The fourth-order valence-corrected chi connectivity index (χ4v) is 3.81. The highest BCUT2D eigenvalue weighted by Gasteiger charge is 2.33. The minimum atomic E-state index is -0.983. The van der Waals surface area contributed by atoms with Crippen molar-refractivity contribution in [2.45, 2.75) is 58.5 Å². The Morgan fingerprint density at radius 1 is 1.19 bits per heavy atom. The predicted molar refractivity (Wildman–Crippen MR) is 112 cm³/mol. The van der Waals surface area contributed by atoms with Crippen LogP contribution in [0.15, 0.2) is 35.3 Å². The summed E-state index contributed by atoms with van der Waals surface area (Å²) < 4.78 is 5.61. The lowest BCUT2D eigenvalue weighted by atomic mass is 9.83. The van der Waals surface area contributed by atoms with Gasteiger partial charge in [-0.15, -0.1) is 0 Å². The maximum atomic E-state index is 10.8. The topological polar surface area (TPSA) is 65.9 Å². The second kappa shape index (κ2) is 10.7. The fraction of sp³-hybridized carbons (Fsp3) is 0.682. The van der Waals surface area contributed by atoms with Crippen LogP contribution in [0.2, 0.25) is 0 Å². The van der Waals surface area contributed by atoms with Crippen LogP contribution >= 0.6 is 0 Å². The Bertz CT molecular complexity index is 566. The van der Waals surface area contributed by atoms with E-state index in [1.807, 2.05) is 44.2 Å². The minimum absolute atomic E-state index is 0.299. The molecule has 3 N–H and O–H groups in total. The first-order valence-electron chi connectivity index (χ1n) is 10.4. The van der Waals surface area contributed by atoms with Gasteiger partial charge >= 0.3 is 0 Å². The van der Waals surface area contributed by atoms with Crippen LogP contribution in [0, 0.1) is 5.41 Å². The largest absolute Gasteiger partial charge is 0.384 e. The molecule has 1 unspecified atom stereocenters. The summed E-state index contributed by atoms with van der Waals surface area (Å²) in [4.78, 5) is 4.66. The van der Waals surface area contributed by atoms with E-state index in [-0.39, 0.29) is 0 Å². The number of ether oxygens (including phenoxy) is 1. The van der Waals surface area contributed by atoms with Crippen LogP contribution in [0.5, 0.6) is 0 Å². The summed E-state index contributed by atoms with van der Waals surface area (Å²) in [6, 6.07) is 9.73. The summed E-state index contributed by atoms with van der Waals surface area (Å²) in [7, 11) is 0. The van der Waals surface area contributed by atoms with Gasteiger partial charge in [0.05, 0.1) is 6.54 Å². The van der Waals surface area contributed by atoms with Crippen molar-refractivity contribution >= 4 is 5.96 Å². The van der Waals surface area contributed by atoms with Gasteiger partial charge < -0.3 is 20.5 Å². The molecular weight excluding hydrogens is 338 g/mol. The second-order valence-electron chi connectivity index (χ2n) is 7.84. The lowest BCUT2D eigenvalue weighted by Gasteiger charge is -2.30. The Balaban J connectivity index is 1.98. The molecule has 1 aliphatic rings. The van der Waals surface area contributed by atoms with Crippen molar-refractivity contribution in [3.05, 3.63) is 35.9 Å². The molecule has 1 aromatic carbocycles. The molecule has 0 heterocycles. The monoisotopic (exact) mass is 375 g/mol. The standard InChI is InChI=1S/C22H37N3O2/c1-4-23-20(24-17-21(3,26)19-11-7-6-8-12-19)25-18-22(13-9-10-14-22)15-16-27-5-2/h6-8,11-12,26H,4-5,9-10,13-18H2,1-3H3,(H2,23,24,25). The van der Waals surface area contributed by atoms with E-state index in [1.54, 1.807) is 0 Å². The van der Waals surface area contributed by atoms with Crippen LogP contribution < -0.4 is 10.6 Å². The molecule has 0 saturated heterocycles. The first-order chi connectivity index (χ1) is 13.0. The molecule has 0 radical (unpaired) electrons. The van der Waals surface area contributed by atoms with Gasteiger partial charge in [0.25, 0.3) is 0 Å². The molecule has 152 valence electrons. The van der Waals surface area contributed by atoms with E-state index in [0.717, 1.165) is 44.2 Å². The summed E-state index contributed by atoms with van der Waals surface area (Å²) in [5.74, 6) is 0.774. The molecule has 0 bridgehead atoms. The Morgan fingerprint density at radius 3 is 2.52 bits per heavy atom. The second-order valence-corrected chi connectivity index (χ2v) is 7.84. The third kappa shape index (κ3) is 6.82. The summed E-state index contributed by atoms with van der Waals surface area (Å²) in [5.41, 5.74) is 0.199. The van der Waals surface area contributed by atoms with E-state index in [1.165, 1.54) is 25.7 Å². The average Bonchev–Trinajstić information content (AvgIpc) is 3.14. The molecule has 1 aromatic rings. The van der Waals surface area contributed by atoms with Crippen LogP contribution in [0.25, 0.3) is 0 Å². The number of benzene rings is 1. The van der Waals surface area contributed by atoms with Crippen LogP contribution in [0.4, 0.5) is 0 Å². The summed E-state index contributed by atoms with van der Waals surface area (Å²) in [6.07, 6.45) is 6.17. The quantitative estimate of drug-likeness (QED) is 0.333. The normalized spacial score (nSPS) is 18.9. The third-order valence-corrected chi connectivity index (χ3v) is 5.56. The number of aliphatic imine (C=N–C) groups is 1. The van der Waals surface area contributed by atoms with Crippen molar-refractivity contribution < 1.29 is 9.84 Å². The van der Waals surface area contributed by atoms with Crippen LogP contribution in [0.1, 0.15) is 58.4 Å². The van der Waals surface area contributed by atoms with Gasteiger partial charge in [0.15, 0.2) is 5.96 Å². The molecule has 27 heavy (non-hydrogen) atoms. The molecule has 5 nitrogen and oxygen atoms in total. The highest BCUT2D eigenvalue weighted by molar-refractivity contribution is 5.79. The molecule has 1 saturated carbocycles. The number of hydrogen-bond donors (Lipinski definition) is 3. The van der Waals surface area contributed by atoms with Crippen LogP contribution in [-0.4, -0.2) is 43.9 Å². The molecule has 1 aliphatic carbocycles. The number of aliphatic hydroxyl groups is 1. The third-order valence-electron chi connectivity index (χ3n) is 5.56. The molecule has 0 aromatic heterocycles. The minimum Gasteiger partial charge on any atom is -0.384 e. The van der Waals surface area contributed by atoms with E-state index in [9.17, 15) is 5.11 Å². The number of guanidine groups is 1. The highest BCUT2D eigenvalue weighted by atomic mass is 16.5. The molecule has 5 heteroatoms. The number of hydrogen-bond acceptors (Lipinski definition) is 3. The Kier molecular flexibility index (Phi) is 8.58. The Morgan fingerprint density at radius 2 is 1.89 bits per heavy atom. The molecule has 0 aliphatic heterocycles. The van der Waals surface area contributed by atoms with Gasteiger partial charge in [-0.3, -0.25) is 0 Å². The number of rotatable bonds is 10. The van der Waals surface area contributed by atoms with E-state index < -0.39 is 5.60 Å². The molecule has 0 spiro atoms. The van der Waals surface area contributed by atoms with Crippen molar-refractivity contribution in [2.75, 3.05) is 32.8 Å². The number of nitrogens with one attached hydrogen (secondary N) is 2. The van der Waals surface area contributed by atoms with Gasteiger partial charge in [-0.05, 0) is 51.0 Å². The first kappa shape index (κ1) is 21.7. The zero-order valence-electron chi connectivity index (χ0n) is 17.3.